The van der Waals surface area contributed by atoms with Crippen LogP contribution in [0.1, 0.15) is 13.3 Å². The summed E-state index contributed by atoms with van der Waals surface area (Å²) in [5.41, 5.74) is 0. The molecule has 1 N–H and O–H groups in total. The smallest absolute Gasteiger partial charge is 0.0577 e. The molecule has 0 amide bonds. The zero-order valence-corrected chi connectivity index (χ0v) is 8.78. The van der Waals surface area contributed by atoms with Crippen LogP contribution in [-0.2, 0) is 15.5 Å². The van der Waals surface area contributed by atoms with Crippen LogP contribution < -0.4 is 5.32 Å². The van der Waals surface area contributed by atoms with E-state index >= 15 is 0 Å². The van der Waals surface area contributed by atoms with Crippen molar-refractivity contribution in [2.75, 3.05) is 38.3 Å². The molecular weight excluding hydrogens is 174 g/mol. The highest BCUT2D eigenvalue weighted by Crippen LogP contribution is 1.82. The molecule has 1 unspecified atom stereocenters. The van der Waals surface area contributed by atoms with Crippen LogP contribution in [0.2, 0.25) is 0 Å². The first-order valence-corrected chi connectivity index (χ1v) is 5.84. The predicted molar refractivity (Wildman–Crippen MR) is 52.9 cm³/mol. The number of rotatable bonds is 8. The SMILES string of the molecule is CCCNCCS(=O)CCOC. The Kier molecular flexibility index (Phi) is 9.21. The van der Waals surface area contributed by atoms with E-state index in [1.807, 2.05) is 0 Å². The Morgan fingerprint density at radius 2 is 2.08 bits per heavy atom. The lowest BCUT2D eigenvalue weighted by Gasteiger charge is -2.02. The van der Waals surface area contributed by atoms with Gasteiger partial charge in [-0.15, -0.1) is 0 Å². The first-order valence-electron chi connectivity index (χ1n) is 4.36. The van der Waals surface area contributed by atoms with E-state index in [0.29, 0.717) is 12.4 Å². The molecular formula is C8H19NO2S. The van der Waals surface area contributed by atoms with Gasteiger partial charge in [-0.3, -0.25) is 4.21 Å². The van der Waals surface area contributed by atoms with Crippen molar-refractivity contribution in [3.05, 3.63) is 0 Å². The second-order valence-electron chi connectivity index (χ2n) is 2.59. The molecule has 0 fully saturated rings. The lowest BCUT2D eigenvalue weighted by atomic mass is 10.5. The summed E-state index contributed by atoms with van der Waals surface area (Å²) >= 11 is 0. The van der Waals surface area contributed by atoms with Gasteiger partial charge in [0.1, 0.15) is 0 Å². The summed E-state index contributed by atoms with van der Waals surface area (Å²) in [4.78, 5) is 0. The van der Waals surface area contributed by atoms with Crippen LogP contribution in [-0.4, -0.2) is 42.5 Å². The lowest BCUT2D eigenvalue weighted by Crippen LogP contribution is -2.22. The van der Waals surface area contributed by atoms with E-state index in [2.05, 4.69) is 12.2 Å². The van der Waals surface area contributed by atoms with E-state index in [1.165, 1.54) is 0 Å². The number of hydrogen-bond donors (Lipinski definition) is 1. The zero-order chi connectivity index (χ0) is 9.23. The third kappa shape index (κ3) is 8.17. The van der Waals surface area contributed by atoms with Crippen molar-refractivity contribution < 1.29 is 8.95 Å². The summed E-state index contributed by atoms with van der Waals surface area (Å²) in [6.07, 6.45) is 1.13. The Balaban J connectivity index is 3.08. The Bertz CT molecular complexity index is 120. The van der Waals surface area contributed by atoms with Gasteiger partial charge in [0.05, 0.1) is 6.61 Å². The van der Waals surface area contributed by atoms with E-state index in [4.69, 9.17) is 4.74 Å². The quantitative estimate of drug-likeness (QED) is 0.566. The number of ether oxygens (including phenoxy) is 1. The molecule has 0 aliphatic carbocycles. The lowest BCUT2D eigenvalue weighted by molar-refractivity contribution is 0.218. The van der Waals surface area contributed by atoms with Gasteiger partial charge in [0.25, 0.3) is 0 Å². The van der Waals surface area contributed by atoms with E-state index in [1.54, 1.807) is 7.11 Å². The van der Waals surface area contributed by atoms with Crippen LogP contribution in [0.4, 0.5) is 0 Å². The molecule has 0 aliphatic rings. The molecule has 0 aromatic rings. The van der Waals surface area contributed by atoms with Crippen molar-refractivity contribution in [2.45, 2.75) is 13.3 Å². The first kappa shape index (κ1) is 12.1. The summed E-state index contributed by atoms with van der Waals surface area (Å²) in [7, 11) is 0.921. The highest BCUT2D eigenvalue weighted by atomic mass is 32.2. The van der Waals surface area contributed by atoms with Gasteiger partial charge in [-0.2, -0.15) is 0 Å². The largest absolute Gasteiger partial charge is 0.384 e. The molecule has 0 saturated carbocycles. The molecule has 1 atom stereocenters. The van der Waals surface area contributed by atoms with Crippen LogP contribution in [0.15, 0.2) is 0 Å². The van der Waals surface area contributed by atoms with Gasteiger partial charge in [0.15, 0.2) is 0 Å². The fraction of sp³-hybridized carbons (Fsp3) is 1.00. The van der Waals surface area contributed by atoms with Gasteiger partial charge in [-0.1, -0.05) is 6.92 Å². The van der Waals surface area contributed by atoms with Crippen LogP contribution in [0, 0.1) is 0 Å². The monoisotopic (exact) mass is 193 g/mol. The van der Waals surface area contributed by atoms with Crippen molar-refractivity contribution in [3.8, 4) is 0 Å². The van der Waals surface area contributed by atoms with Crippen LogP contribution in [0.25, 0.3) is 0 Å². The maximum Gasteiger partial charge on any atom is 0.0577 e. The predicted octanol–water partition coefficient (Wildman–Crippen LogP) is 0.381. The normalized spacial score (nSPS) is 13.2. The highest BCUT2D eigenvalue weighted by molar-refractivity contribution is 7.85. The van der Waals surface area contributed by atoms with E-state index < -0.39 is 10.8 Å². The summed E-state index contributed by atoms with van der Waals surface area (Å²) < 4.78 is 16.0. The highest BCUT2D eigenvalue weighted by Gasteiger charge is 1.97. The van der Waals surface area contributed by atoms with Crippen LogP contribution in [0.5, 0.6) is 0 Å². The van der Waals surface area contributed by atoms with Crippen molar-refractivity contribution in [3.63, 3.8) is 0 Å². The van der Waals surface area contributed by atoms with Gasteiger partial charge < -0.3 is 10.1 Å². The third-order valence-electron chi connectivity index (χ3n) is 1.45. The second-order valence-corrected chi connectivity index (χ2v) is 4.29. The molecule has 0 aliphatic heterocycles. The minimum Gasteiger partial charge on any atom is -0.384 e. The Hall–Kier alpha value is 0.0700. The van der Waals surface area contributed by atoms with Crippen LogP contribution in [0.3, 0.4) is 0 Å². The fourth-order valence-corrected chi connectivity index (χ4v) is 1.69. The summed E-state index contributed by atoms with van der Waals surface area (Å²) in [5, 5.41) is 3.21. The molecule has 0 spiro atoms. The van der Waals surface area contributed by atoms with E-state index in [0.717, 1.165) is 25.3 Å². The standard InChI is InChI=1S/C8H19NO2S/c1-3-4-9-5-7-12(10)8-6-11-2/h9H,3-8H2,1-2H3. The maximum atomic E-state index is 11.2. The van der Waals surface area contributed by atoms with Gasteiger partial charge in [-0.05, 0) is 13.0 Å². The molecule has 3 nitrogen and oxygen atoms in total. The molecule has 0 radical (unpaired) electrons. The molecule has 0 saturated heterocycles. The molecule has 12 heavy (non-hydrogen) atoms. The topological polar surface area (TPSA) is 38.3 Å². The van der Waals surface area contributed by atoms with Crippen molar-refractivity contribution in [2.24, 2.45) is 0 Å². The van der Waals surface area contributed by atoms with E-state index in [-0.39, 0.29) is 0 Å². The molecule has 0 aromatic carbocycles. The minimum atomic E-state index is -0.711. The molecule has 74 valence electrons. The van der Waals surface area contributed by atoms with Gasteiger partial charge in [0, 0.05) is 36.0 Å². The summed E-state index contributed by atoms with van der Waals surface area (Å²) in [6, 6.07) is 0. The summed E-state index contributed by atoms with van der Waals surface area (Å²) in [6.45, 7) is 4.58. The fourth-order valence-electron chi connectivity index (χ4n) is 0.766. The Morgan fingerprint density at radius 3 is 2.67 bits per heavy atom. The molecule has 4 heteroatoms. The number of methoxy groups -OCH3 is 1. The van der Waals surface area contributed by atoms with Gasteiger partial charge >= 0.3 is 0 Å². The Morgan fingerprint density at radius 1 is 1.33 bits per heavy atom. The first-order chi connectivity index (χ1) is 5.81. The van der Waals surface area contributed by atoms with Gasteiger partial charge in [-0.25, -0.2) is 0 Å². The average Bonchev–Trinajstić information content (AvgIpc) is 2.09. The third-order valence-corrected chi connectivity index (χ3v) is 2.73. The van der Waals surface area contributed by atoms with Gasteiger partial charge in [0.2, 0.25) is 0 Å². The van der Waals surface area contributed by atoms with Crippen molar-refractivity contribution in [1.29, 1.82) is 0 Å². The molecule has 0 aromatic heterocycles. The number of nitrogens with one attached hydrogen (secondary N) is 1. The second kappa shape index (κ2) is 9.16. The van der Waals surface area contributed by atoms with Crippen molar-refractivity contribution in [1.82, 2.24) is 5.32 Å². The Labute approximate surface area is 77.3 Å². The zero-order valence-electron chi connectivity index (χ0n) is 7.97. The maximum absolute atomic E-state index is 11.2. The van der Waals surface area contributed by atoms with Crippen molar-refractivity contribution >= 4 is 10.8 Å². The summed E-state index contributed by atoms with van der Waals surface area (Å²) in [5.74, 6) is 1.40. The molecule has 0 rings (SSSR count). The minimum absolute atomic E-state index is 0.598. The molecule has 0 bridgehead atoms. The van der Waals surface area contributed by atoms with E-state index in [9.17, 15) is 4.21 Å². The average molecular weight is 193 g/mol. The number of hydrogen-bond acceptors (Lipinski definition) is 3. The molecule has 0 heterocycles. The van der Waals surface area contributed by atoms with Crippen LogP contribution >= 0.6 is 0 Å².